The van der Waals surface area contributed by atoms with Gasteiger partial charge in [0.1, 0.15) is 0 Å². The van der Waals surface area contributed by atoms with E-state index >= 15 is 0 Å². The van der Waals surface area contributed by atoms with Gasteiger partial charge in [-0.05, 0) is 38.9 Å². The molecule has 0 amide bonds. The molecule has 2 rings (SSSR count). The van der Waals surface area contributed by atoms with E-state index in [0.29, 0.717) is 0 Å². The van der Waals surface area contributed by atoms with Gasteiger partial charge >= 0.3 is 0 Å². The molecule has 1 unspecified atom stereocenters. The number of hydrogen-bond donors (Lipinski definition) is 1. The number of hydrogen-bond acceptors (Lipinski definition) is 2. The Morgan fingerprint density at radius 1 is 1.44 bits per heavy atom. The van der Waals surface area contributed by atoms with Crippen molar-refractivity contribution in [1.29, 1.82) is 0 Å². The molecule has 0 fully saturated rings. The van der Waals surface area contributed by atoms with Crippen LogP contribution in [0.3, 0.4) is 0 Å². The standard InChI is InChI=1S/C15H21N3/c1-4-8-16-14(10-12(2)3)13-11-17-18-9-6-5-7-15(13)18/h5-7,9-11,14,16H,4,8H2,1-3H3. The summed E-state index contributed by atoms with van der Waals surface area (Å²) in [4.78, 5) is 0. The predicted molar refractivity (Wildman–Crippen MR) is 75.7 cm³/mol. The molecule has 18 heavy (non-hydrogen) atoms. The van der Waals surface area contributed by atoms with Gasteiger partial charge in [-0.25, -0.2) is 4.52 Å². The van der Waals surface area contributed by atoms with Gasteiger partial charge in [-0.2, -0.15) is 5.10 Å². The third-order valence-corrected chi connectivity index (χ3v) is 2.91. The minimum absolute atomic E-state index is 0.245. The Labute approximate surface area is 109 Å². The highest BCUT2D eigenvalue weighted by atomic mass is 15.2. The Hall–Kier alpha value is -1.61. The van der Waals surface area contributed by atoms with Crippen molar-refractivity contribution in [1.82, 2.24) is 14.9 Å². The van der Waals surface area contributed by atoms with E-state index in [1.165, 1.54) is 16.7 Å². The van der Waals surface area contributed by atoms with Crippen LogP contribution in [0.5, 0.6) is 0 Å². The van der Waals surface area contributed by atoms with Crippen LogP contribution in [-0.4, -0.2) is 16.2 Å². The fourth-order valence-corrected chi connectivity index (χ4v) is 2.09. The number of allylic oxidation sites excluding steroid dienone is 1. The highest BCUT2D eigenvalue weighted by Gasteiger charge is 2.12. The molecule has 0 bridgehead atoms. The Bertz CT molecular complexity index is 535. The van der Waals surface area contributed by atoms with E-state index in [1.807, 2.05) is 23.0 Å². The van der Waals surface area contributed by atoms with Crippen molar-refractivity contribution in [2.45, 2.75) is 33.2 Å². The van der Waals surface area contributed by atoms with Gasteiger partial charge in [0.15, 0.2) is 0 Å². The molecule has 2 aromatic heterocycles. The van der Waals surface area contributed by atoms with Gasteiger partial charge in [-0.15, -0.1) is 0 Å². The van der Waals surface area contributed by atoms with E-state index in [2.05, 4.69) is 49.4 Å². The van der Waals surface area contributed by atoms with Crippen LogP contribution in [0.25, 0.3) is 5.52 Å². The molecule has 0 saturated carbocycles. The Balaban J connectivity index is 2.37. The number of aromatic nitrogens is 2. The lowest BCUT2D eigenvalue weighted by atomic mass is 10.1. The number of nitrogens with one attached hydrogen (secondary N) is 1. The Kier molecular flexibility index (Phi) is 4.15. The topological polar surface area (TPSA) is 29.3 Å². The third kappa shape index (κ3) is 2.79. The molecule has 1 N–H and O–H groups in total. The van der Waals surface area contributed by atoms with Gasteiger partial charge in [0.05, 0.1) is 17.8 Å². The highest BCUT2D eigenvalue weighted by molar-refractivity contribution is 5.55. The average Bonchev–Trinajstić information content (AvgIpc) is 2.78. The number of pyridine rings is 1. The predicted octanol–water partition coefficient (Wildman–Crippen LogP) is 3.34. The summed E-state index contributed by atoms with van der Waals surface area (Å²) in [5.41, 5.74) is 3.73. The van der Waals surface area contributed by atoms with E-state index < -0.39 is 0 Å². The van der Waals surface area contributed by atoms with Crippen molar-refractivity contribution in [2.24, 2.45) is 0 Å². The van der Waals surface area contributed by atoms with Crippen molar-refractivity contribution in [3.63, 3.8) is 0 Å². The first-order valence-corrected chi connectivity index (χ1v) is 6.53. The van der Waals surface area contributed by atoms with Crippen LogP contribution < -0.4 is 5.32 Å². The first-order chi connectivity index (χ1) is 8.72. The fraction of sp³-hybridized carbons (Fsp3) is 0.400. The lowest BCUT2D eigenvalue weighted by Gasteiger charge is -2.14. The van der Waals surface area contributed by atoms with Crippen molar-refractivity contribution in [3.8, 4) is 0 Å². The molecule has 0 aromatic carbocycles. The van der Waals surface area contributed by atoms with Crippen LogP contribution in [0.2, 0.25) is 0 Å². The van der Waals surface area contributed by atoms with Crippen LogP contribution in [0.4, 0.5) is 0 Å². The molecule has 2 aromatic rings. The molecule has 0 aliphatic rings. The second kappa shape index (κ2) is 5.83. The molecule has 2 heterocycles. The van der Waals surface area contributed by atoms with Crippen LogP contribution in [0, 0.1) is 0 Å². The number of nitrogens with zero attached hydrogens (tertiary/aromatic N) is 2. The van der Waals surface area contributed by atoms with Crippen LogP contribution in [0.1, 0.15) is 38.8 Å². The van der Waals surface area contributed by atoms with Gasteiger partial charge < -0.3 is 5.32 Å². The van der Waals surface area contributed by atoms with Crippen LogP contribution in [-0.2, 0) is 0 Å². The zero-order valence-corrected chi connectivity index (χ0v) is 11.4. The minimum Gasteiger partial charge on any atom is -0.307 e. The van der Waals surface area contributed by atoms with Gasteiger partial charge in [0.25, 0.3) is 0 Å². The molecular formula is C15H21N3. The maximum absolute atomic E-state index is 4.40. The highest BCUT2D eigenvalue weighted by Crippen LogP contribution is 2.21. The van der Waals surface area contributed by atoms with Gasteiger partial charge in [-0.3, -0.25) is 0 Å². The van der Waals surface area contributed by atoms with E-state index in [9.17, 15) is 0 Å². The van der Waals surface area contributed by atoms with Crippen molar-refractivity contribution in [3.05, 3.63) is 47.8 Å². The van der Waals surface area contributed by atoms with Gasteiger partial charge in [0, 0.05) is 11.8 Å². The summed E-state index contributed by atoms with van der Waals surface area (Å²) in [5, 5.41) is 7.97. The SMILES string of the molecule is CCCNC(C=C(C)C)c1cnn2ccccc12. The largest absolute Gasteiger partial charge is 0.307 e. The summed E-state index contributed by atoms with van der Waals surface area (Å²) in [6.07, 6.45) is 7.34. The first-order valence-electron chi connectivity index (χ1n) is 6.53. The maximum Gasteiger partial charge on any atom is 0.0712 e. The number of rotatable bonds is 5. The molecule has 0 aliphatic heterocycles. The van der Waals surface area contributed by atoms with Crippen molar-refractivity contribution >= 4 is 5.52 Å². The van der Waals surface area contributed by atoms with Crippen molar-refractivity contribution in [2.75, 3.05) is 6.54 Å². The van der Waals surface area contributed by atoms with Crippen LogP contribution in [0.15, 0.2) is 42.2 Å². The van der Waals surface area contributed by atoms with Gasteiger partial charge in [-0.1, -0.05) is 24.6 Å². The molecule has 1 atom stereocenters. The van der Waals surface area contributed by atoms with E-state index in [-0.39, 0.29) is 6.04 Å². The second-order valence-electron chi connectivity index (χ2n) is 4.81. The molecule has 0 aliphatic carbocycles. The zero-order chi connectivity index (χ0) is 13.0. The van der Waals surface area contributed by atoms with E-state index in [4.69, 9.17) is 0 Å². The average molecular weight is 243 g/mol. The lowest BCUT2D eigenvalue weighted by molar-refractivity contribution is 0.613. The summed E-state index contributed by atoms with van der Waals surface area (Å²) in [6, 6.07) is 6.41. The smallest absolute Gasteiger partial charge is 0.0712 e. The van der Waals surface area contributed by atoms with Gasteiger partial charge in [0.2, 0.25) is 0 Å². The monoisotopic (exact) mass is 243 g/mol. The summed E-state index contributed by atoms with van der Waals surface area (Å²) >= 11 is 0. The van der Waals surface area contributed by atoms with Crippen LogP contribution >= 0.6 is 0 Å². The van der Waals surface area contributed by atoms with E-state index in [1.54, 1.807) is 0 Å². The zero-order valence-electron chi connectivity index (χ0n) is 11.4. The molecule has 3 heteroatoms. The normalized spacial score (nSPS) is 12.6. The molecule has 96 valence electrons. The molecule has 3 nitrogen and oxygen atoms in total. The fourth-order valence-electron chi connectivity index (χ4n) is 2.09. The minimum atomic E-state index is 0.245. The lowest BCUT2D eigenvalue weighted by Crippen LogP contribution is -2.20. The maximum atomic E-state index is 4.40. The van der Waals surface area contributed by atoms with Crippen molar-refractivity contribution < 1.29 is 0 Å². The summed E-state index contributed by atoms with van der Waals surface area (Å²) in [6.45, 7) is 7.46. The summed E-state index contributed by atoms with van der Waals surface area (Å²) in [5.74, 6) is 0. The second-order valence-corrected chi connectivity index (χ2v) is 4.81. The first kappa shape index (κ1) is 12.8. The Morgan fingerprint density at radius 2 is 2.28 bits per heavy atom. The molecule has 0 spiro atoms. The summed E-state index contributed by atoms with van der Waals surface area (Å²) < 4.78 is 1.93. The molecule has 0 saturated heterocycles. The molecular weight excluding hydrogens is 222 g/mol. The third-order valence-electron chi connectivity index (χ3n) is 2.91. The Morgan fingerprint density at radius 3 is 3.00 bits per heavy atom. The molecule has 0 radical (unpaired) electrons. The quantitative estimate of drug-likeness (QED) is 0.816. The number of fused-ring (bicyclic) bond motifs is 1. The van der Waals surface area contributed by atoms with E-state index in [0.717, 1.165) is 13.0 Å². The summed E-state index contributed by atoms with van der Waals surface area (Å²) in [7, 11) is 0.